The first-order valence-electron chi connectivity index (χ1n) is 7.51. The number of thiophene rings is 1. The van der Waals surface area contributed by atoms with Crippen molar-refractivity contribution in [3.8, 4) is 22.2 Å². The average molecular weight is 433 g/mol. The van der Waals surface area contributed by atoms with Crippen LogP contribution in [0.5, 0.6) is 0 Å². The summed E-state index contributed by atoms with van der Waals surface area (Å²) in [4.78, 5) is 10.2. The molecule has 4 aromatic rings. The zero-order valence-corrected chi connectivity index (χ0v) is 16.4. The van der Waals surface area contributed by atoms with Gasteiger partial charge in [-0.25, -0.2) is 9.97 Å². The van der Waals surface area contributed by atoms with E-state index in [2.05, 4.69) is 36.1 Å². The Balaban J connectivity index is 1.48. The number of hydrogen-bond donors (Lipinski definition) is 1. The lowest BCUT2D eigenvalue weighted by molar-refractivity contribution is 0.542. The zero-order chi connectivity index (χ0) is 17.2. The number of nitrogens with one attached hydrogen (secondary N) is 1. The molecule has 126 valence electrons. The average Bonchev–Trinajstić information content (AvgIpc) is 3.34. The van der Waals surface area contributed by atoms with Crippen LogP contribution in [0.4, 0.5) is 0 Å². The smallest absolute Gasteiger partial charge is 0.236 e. The topological polar surface area (TPSA) is 67.6 Å². The number of oxazole rings is 1. The lowest BCUT2D eigenvalue weighted by Gasteiger charge is -1.98. The van der Waals surface area contributed by atoms with Crippen LogP contribution in [0, 0.1) is 6.92 Å². The molecule has 0 bridgehead atoms. The van der Waals surface area contributed by atoms with E-state index in [0.717, 1.165) is 32.2 Å². The molecule has 0 amide bonds. The van der Waals surface area contributed by atoms with Gasteiger partial charge in [-0.15, -0.1) is 16.4 Å². The predicted molar refractivity (Wildman–Crippen MR) is 104 cm³/mol. The van der Waals surface area contributed by atoms with Gasteiger partial charge in [-0.05, 0) is 24.4 Å². The number of rotatable bonds is 5. The van der Waals surface area contributed by atoms with Gasteiger partial charge in [0.2, 0.25) is 11.0 Å². The van der Waals surface area contributed by atoms with Crippen LogP contribution in [-0.4, -0.2) is 20.2 Å². The van der Waals surface area contributed by atoms with E-state index in [1.807, 2.05) is 48.7 Å². The largest absolute Gasteiger partial charge is 0.440 e. The summed E-state index contributed by atoms with van der Waals surface area (Å²) in [6.45, 7) is 1.94. The van der Waals surface area contributed by atoms with E-state index < -0.39 is 0 Å². The summed E-state index contributed by atoms with van der Waals surface area (Å²) in [6.07, 6.45) is 0. The number of thioether (sulfide) groups is 1. The van der Waals surface area contributed by atoms with E-state index in [1.54, 1.807) is 11.3 Å². The van der Waals surface area contributed by atoms with E-state index in [4.69, 9.17) is 4.42 Å². The van der Waals surface area contributed by atoms with E-state index in [1.165, 1.54) is 11.8 Å². The van der Waals surface area contributed by atoms with Gasteiger partial charge in [-0.3, -0.25) is 5.10 Å². The first-order chi connectivity index (χ1) is 12.2. The fraction of sp³-hybridized carbons (Fsp3) is 0.118. The molecule has 0 atom stereocenters. The van der Waals surface area contributed by atoms with Crippen molar-refractivity contribution < 1.29 is 4.42 Å². The molecule has 3 heterocycles. The highest BCUT2D eigenvalue weighted by molar-refractivity contribution is 9.10. The summed E-state index contributed by atoms with van der Waals surface area (Å²) in [5.74, 6) is 2.91. The monoisotopic (exact) mass is 432 g/mol. The van der Waals surface area contributed by atoms with E-state index in [9.17, 15) is 0 Å². The molecule has 3 aromatic heterocycles. The Bertz CT molecular complexity index is 994. The fourth-order valence-corrected chi connectivity index (χ4v) is 4.21. The van der Waals surface area contributed by atoms with Crippen molar-refractivity contribution in [2.45, 2.75) is 17.8 Å². The number of H-pyrrole nitrogens is 1. The standard InChI is InChI=1S/C17H13BrN4OS2/c1-10-13(19-16(23-10)14-7-4-8-24-14)9-25-17-20-15(21-22-17)11-5-2-3-6-12(11)18/h2-8H,9H2,1H3,(H,20,21,22). The van der Waals surface area contributed by atoms with Gasteiger partial charge in [0.05, 0.1) is 10.6 Å². The zero-order valence-electron chi connectivity index (χ0n) is 13.2. The molecule has 0 spiro atoms. The normalized spacial score (nSPS) is 11.1. The molecule has 0 saturated heterocycles. The van der Waals surface area contributed by atoms with Crippen LogP contribution >= 0.6 is 39.0 Å². The third-order valence-electron chi connectivity index (χ3n) is 3.56. The van der Waals surface area contributed by atoms with Crippen molar-refractivity contribution in [1.29, 1.82) is 0 Å². The molecule has 0 aliphatic rings. The molecule has 0 unspecified atom stereocenters. The highest BCUT2D eigenvalue weighted by Crippen LogP contribution is 2.30. The summed E-state index contributed by atoms with van der Waals surface area (Å²) in [7, 11) is 0. The van der Waals surface area contributed by atoms with Crippen molar-refractivity contribution in [3.05, 3.63) is 57.7 Å². The number of halogens is 1. The lowest BCUT2D eigenvalue weighted by atomic mass is 10.2. The minimum Gasteiger partial charge on any atom is -0.440 e. The highest BCUT2D eigenvalue weighted by Gasteiger charge is 2.14. The molecule has 25 heavy (non-hydrogen) atoms. The Labute approximate surface area is 161 Å². The Morgan fingerprint density at radius 2 is 2.08 bits per heavy atom. The van der Waals surface area contributed by atoms with Gasteiger partial charge in [-0.2, -0.15) is 0 Å². The van der Waals surface area contributed by atoms with Crippen LogP contribution < -0.4 is 0 Å². The molecule has 0 aliphatic carbocycles. The third-order valence-corrected chi connectivity index (χ3v) is 5.96. The fourth-order valence-electron chi connectivity index (χ4n) is 2.29. The Morgan fingerprint density at radius 3 is 2.88 bits per heavy atom. The van der Waals surface area contributed by atoms with Crippen LogP contribution in [0.1, 0.15) is 11.5 Å². The van der Waals surface area contributed by atoms with Crippen molar-refractivity contribution in [2.24, 2.45) is 0 Å². The molecule has 4 rings (SSSR count). The second kappa shape index (κ2) is 7.15. The maximum atomic E-state index is 5.77. The first-order valence-corrected chi connectivity index (χ1v) is 10.2. The number of aromatic nitrogens is 4. The van der Waals surface area contributed by atoms with Crippen LogP contribution in [0.2, 0.25) is 0 Å². The molecular weight excluding hydrogens is 420 g/mol. The SMILES string of the molecule is Cc1oc(-c2cccs2)nc1CSc1n[nH]c(-c2ccccc2Br)n1. The minimum absolute atomic E-state index is 0.661. The third kappa shape index (κ3) is 3.56. The molecule has 8 heteroatoms. The first kappa shape index (κ1) is 16.6. The van der Waals surface area contributed by atoms with Gasteiger partial charge in [0.1, 0.15) is 5.76 Å². The number of hydrogen-bond acceptors (Lipinski definition) is 6. The molecular formula is C17H13BrN4OS2. The summed E-state index contributed by atoms with van der Waals surface area (Å²) in [5.41, 5.74) is 1.90. The van der Waals surface area contributed by atoms with Crippen LogP contribution in [0.3, 0.4) is 0 Å². The lowest BCUT2D eigenvalue weighted by Crippen LogP contribution is -1.85. The van der Waals surface area contributed by atoms with Crippen molar-refractivity contribution in [2.75, 3.05) is 0 Å². The Morgan fingerprint density at radius 1 is 1.20 bits per heavy atom. The van der Waals surface area contributed by atoms with Gasteiger partial charge < -0.3 is 4.42 Å². The quantitative estimate of drug-likeness (QED) is 0.418. The highest BCUT2D eigenvalue weighted by atomic mass is 79.9. The van der Waals surface area contributed by atoms with Crippen LogP contribution in [0.15, 0.2) is 55.8 Å². The summed E-state index contributed by atoms with van der Waals surface area (Å²) in [5, 5.41) is 9.97. The summed E-state index contributed by atoms with van der Waals surface area (Å²) >= 11 is 6.68. The van der Waals surface area contributed by atoms with Crippen molar-refractivity contribution in [1.82, 2.24) is 20.2 Å². The molecule has 0 aliphatic heterocycles. The number of benzene rings is 1. The van der Waals surface area contributed by atoms with Crippen LogP contribution in [0.25, 0.3) is 22.2 Å². The number of nitrogens with zero attached hydrogens (tertiary/aromatic N) is 3. The molecule has 0 saturated carbocycles. The second-order valence-electron chi connectivity index (χ2n) is 5.23. The predicted octanol–water partition coefficient (Wildman–Crippen LogP) is 5.55. The minimum atomic E-state index is 0.661. The molecule has 5 nitrogen and oxygen atoms in total. The Hall–Kier alpha value is -1.90. The van der Waals surface area contributed by atoms with E-state index in [0.29, 0.717) is 16.8 Å². The maximum Gasteiger partial charge on any atom is 0.236 e. The van der Waals surface area contributed by atoms with Crippen molar-refractivity contribution >= 4 is 39.0 Å². The molecule has 0 radical (unpaired) electrons. The van der Waals surface area contributed by atoms with Gasteiger partial charge in [0.25, 0.3) is 0 Å². The molecule has 0 fully saturated rings. The second-order valence-corrected chi connectivity index (χ2v) is 7.98. The van der Waals surface area contributed by atoms with Crippen LogP contribution in [-0.2, 0) is 5.75 Å². The van der Waals surface area contributed by atoms with Gasteiger partial charge >= 0.3 is 0 Å². The van der Waals surface area contributed by atoms with E-state index >= 15 is 0 Å². The van der Waals surface area contributed by atoms with Gasteiger partial charge in [-0.1, -0.05) is 52.0 Å². The molecule has 1 aromatic carbocycles. The molecule has 1 N–H and O–H groups in total. The number of aromatic amines is 1. The summed E-state index contributed by atoms with van der Waals surface area (Å²) < 4.78 is 6.75. The number of aryl methyl sites for hydroxylation is 1. The Kier molecular flexibility index (Phi) is 4.74. The van der Waals surface area contributed by atoms with Gasteiger partial charge in [0.15, 0.2) is 5.82 Å². The van der Waals surface area contributed by atoms with Gasteiger partial charge in [0, 0.05) is 15.8 Å². The van der Waals surface area contributed by atoms with E-state index in [-0.39, 0.29) is 0 Å². The maximum absolute atomic E-state index is 5.77. The summed E-state index contributed by atoms with van der Waals surface area (Å²) in [6, 6.07) is 11.9. The van der Waals surface area contributed by atoms with Crippen molar-refractivity contribution in [3.63, 3.8) is 0 Å².